The number of urea groups is 1. The monoisotopic (exact) mass is 214 g/mol. The fraction of sp³-hybridized carbons (Fsp3) is 0.800. The summed E-state index contributed by atoms with van der Waals surface area (Å²) in [5, 5.41) is 13.5. The number of aliphatic carboxylic acids is 1. The van der Waals surface area contributed by atoms with E-state index in [4.69, 9.17) is 5.11 Å². The van der Waals surface area contributed by atoms with E-state index in [-0.39, 0.29) is 18.1 Å². The molecule has 1 rings (SSSR count). The van der Waals surface area contributed by atoms with Crippen molar-refractivity contribution in [1.29, 1.82) is 0 Å². The predicted octanol–water partition coefficient (Wildman–Crippen LogP) is 1.09. The van der Waals surface area contributed by atoms with Gasteiger partial charge in [-0.05, 0) is 19.8 Å². The third kappa shape index (κ3) is 4.18. The minimum Gasteiger partial charge on any atom is -0.480 e. The van der Waals surface area contributed by atoms with Gasteiger partial charge in [0.1, 0.15) is 6.54 Å². The number of hydrogen-bond donors (Lipinski definition) is 3. The number of carbonyl (C=O) groups is 2. The molecule has 1 aliphatic carbocycles. The van der Waals surface area contributed by atoms with E-state index >= 15 is 0 Å². The minimum atomic E-state index is -1.03. The molecule has 0 saturated heterocycles. The molecular formula is C10H18N2O3. The van der Waals surface area contributed by atoms with Crippen LogP contribution in [-0.4, -0.2) is 29.2 Å². The summed E-state index contributed by atoms with van der Waals surface area (Å²) < 4.78 is 0. The molecule has 5 heteroatoms. The topological polar surface area (TPSA) is 78.4 Å². The van der Waals surface area contributed by atoms with Gasteiger partial charge >= 0.3 is 12.0 Å². The van der Waals surface area contributed by atoms with Crippen LogP contribution in [0.25, 0.3) is 0 Å². The normalized spacial score (nSPS) is 19.3. The van der Waals surface area contributed by atoms with Crippen LogP contribution in [0, 0.1) is 0 Å². The molecular weight excluding hydrogens is 196 g/mol. The van der Waals surface area contributed by atoms with Crippen molar-refractivity contribution >= 4 is 12.0 Å². The molecule has 0 aliphatic heterocycles. The van der Waals surface area contributed by atoms with Crippen molar-refractivity contribution in [2.24, 2.45) is 0 Å². The Balaban J connectivity index is 2.32. The molecule has 5 nitrogen and oxygen atoms in total. The van der Waals surface area contributed by atoms with Crippen LogP contribution >= 0.6 is 0 Å². The molecule has 0 aromatic carbocycles. The van der Waals surface area contributed by atoms with Crippen LogP contribution in [0.1, 0.15) is 39.0 Å². The van der Waals surface area contributed by atoms with Crippen LogP contribution in [0.3, 0.4) is 0 Å². The fourth-order valence-corrected chi connectivity index (χ4v) is 1.93. The highest BCUT2D eigenvalue weighted by molar-refractivity contribution is 5.80. The maximum Gasteiger partial charge on any atom is 0.323 e. The van der Waals surface area contributed by atoms with Gasteiger partial charge in [0, 0.05) is 5.54 Å². The summed E-state index contributed by atoms with van der Waals surface area (Å²) in [6.45, 7) is 1.68. The van der Waals surface area contributed by atoms with E-state index in [0.29, 0.717) is 0 Å². The Morgan fingerprint density at radius 1 is 1.27 bits per heavy atom. The van der Waals surface area contributed by atoms with Crippen LogP contribution in [0.15, 0.2) is 0 Å². The molecule has 0 aromatic heterocycles. The third-order valence-electron chi connectivity index (χ3n) is 2.77. The average molecular weight is 214 g/mol. The van der Waals surface area contributed by atoms with E-state index in [9.17, 15) is 9.59 Å². The van der Waals surface area contributed by atoms with Gasteiger partial charge in [-0.1, -0.05) is 19.3 Å². The molecule has 3 N–H and O–H groups in total. The zero-order valence-corrected chi connectivity index (χ0v) is 9.01. The van der Waals surface area contributed by atoms with Gasteiger partial charge in [-0.2, -0.15) is 0 Å². The van der Waals surface area contributed by atoms with Crippen LogP contribution in [0.5, 0.6) is 0 Å². The number of hydrogen-bond acceptors (Lipinski definition) is 2. The summed E-state index contributed by atoms with van der Waals surface area (Å²) in [5.41, 5.74) is -0.166. The molecule has 86 valence electrons. The van der Waals surface area contributed by atoms with E-state index in [0.717, 1.165) is 25.7 Å². The van der Waals surface area contributed by atoms with E-state index in [1.165, 1.54) is 6.42 Å². The molecule has 0 radical (unpaired) electrons. The summed E-state index contributed by atoms with van der Waals surface area (Å²) in [4.78, 5) is 21.6. The van der Waals surface area contributed by atoms with Crippen LogP contribution < -0.4 is 10.6 Å². The van der Waals surface area contributed by atoms with Crippen LogP contribution in [0.2, 0.25) is 0 Å². The molecule has 1 aliphatic rings. The maximum atomic E-state index is 11.3. The highest BCUT2D eigenvalue weighted by Gasteiger charge is 2.28. The molecule has 2 amide bonds. The highest BCUT2D eigenvalue weighted by atomic mass is 16.4. The molecule has 0 spiro atoms. The summed E-state index contributed by atoms with van der Waals surface area (Å²) in [6, 6.07) is -0.387. The SMILES string of the molecule is CC1(NC(=O)NCC(=O)O)CCCCC1. The van der Waals surface area contributed by atoms with Gasteiger partial charge in [-0.3, -0.25) is 4.79 Å². The summed E-state index contributed by atoms with van der Waals surface area (Å²) in [7, 11) is 0. The van der Waals surface area contributed by atoms with Crippen molar-refractivity contribution in [2.75, 3.05) is 6.54 Å². The molecule has 0 unspecified atom stereocenters. The predicted molar refractivity (Wildman–Crippen MR) is 55.7 cm³/mol. The standard InChI is InChI=1S/C10H18N2O3/c1-10(5-3-2-4-6-10)12-9(15)11-7-8(13)14/h2-7H2,1H3,(H,13,14)(H2,11,12,15). The maximum absolute atomic E-state index is 11.3. The number of nitrogens with one attached hydrogen (secondary N) is 2. The van der Waals surface area contributed by atoms with Crippen molar-refractivity contribution in [1.82, 2.24) is 10.6 Å². The molecule has 0 bridgehead atoms. The quantitative estimate of drug-likeness (QED) is 0.658. The third-order valence-corrected chi connectivity index (χ3v) is 2.77. The van der Waals surface area contributed by atoms with E-state index in [1.807, 2.05) is 6.92 Å². The second-order valence-electron chi connectivity index (χ2n) is 4.32. The summed E-state index contributed by atoms with van der Waals surface area (Å²) >= 11 is 0. The molecule has 1 fully saturated rings. The first-order valence-electron chi connectivity index (χ1n) is 5.30. The zero-order valence-electron chi connectivity index (χ0n) is 9.01. The number of rotatable bonds is 3. The molecule has 15 heavy (non-hydrogen) atoms. The van der Waals surface area contributed by atoms with Crippen molar-refractivity contribution < 1.29 is 14.7 Å². The second kappa shape index (κ2) is 5.00. The Hall–Kier alpha value is -1.26. The Kier molecular flexibility index (Phi) is 3.94. The summed E-state index contributed by atoms with van der Waals surface area (Å²) in [5.74, 6) is -1.03. The van der Waals surface area contributed by atoms with Gasteiger partial charge in [0.25, 0.3) is 0 Å². The van der Waals surface area contributed by atoms with Gasteiger partial charge < -0.3 is 15.7 Å². The Morgan fingerprint density at radius 3 is 2.40 bits per heavy atom. The number of carboxylic acid groups (broad SMARTS) is 1. The first kappa shape index (κ1) is 11.8. The lowest BCUT2D eigenvalue weighted by atomic mass is 9.83. The van der Waals surface area contributed by atoms with Gasteiger partial charge in [0.2, 0.25) is 0 Å². The number of carboxylic acids is 1. The molecule has 0 atom stereocenters. The first-order valence-corrected chi connectivity index (χ1v) is 5.30. The molecule has 0 aromatic rings. The van der Waals surface area contributed by atoms with E-state index < -0.39 is 5.97 Å². The smallest absolute Gasteiger partial charge is 0.323 e. The van der Waals surface area contributed by atoms with Gasteiger partial charge in [0.05, 0.1) is 0 Å². The minimum absolute atomic E-state index is 0.166. The van der Waals surface area contributed by atoms with Crippen molar-refractivity contribution in [3.05, 3.63) is 0 Å². The van der Waals surface area contributed by atoms with Crippen LogP contribution in [-0.2, 0) is 4.79 Å². The number of amides is 2. The Labute approximate surface area is 89.2 Å². The van der Waals surface area contributed by atoms with Crippen molar-refractivity contribution in [3.63, 3.8) is 0 Å². The van der Waals surface area contributed by atoms with Crippen LogP contribution in [0.4, 0.5) is 4.79 Å². The summed E-state index contributed by atoms with van der Waals surface area (Å²) in [6.07, 6.45) is 5.39. The average Bonchev–Trinajstić information content (AvgIpc) is 2.15. The Bertz CT molecular complexity index is 247. The molecule has 0 heterocycles. The largest absolute Gasteiger partial charge is 0.480 e. The zero-order chi connectivity index (χ0) is 11.3. The van der Waals surface area contributed by atoms with Crippen molar-refractivity contribution in [3.8, 4) is 0 Å². The van der Waals surface area contributed by atoms with Gasteiger partial charge in [-0.25, -0.2) is 4.79 Å². The second-order valence-corrected chi connectivity index (χ2v) is 4.32. The first-order chi connectivity index (χ1) is 7.02. The fourth-order valence-electron chi connectivity index (χ4n) is 1.93. The van der Waals surface area contributed by atoms with Gasteiger partial charge in [0.15, 0.2) is 0 Å². The highest BCUT2D eigenvalue weighted by Crippen LogP contribution is 2.27. The van der Waals surface area contributed by atoms with E-state index in [2.05, 4.69) is 10.6 Å². The van der Waals surface area contributed by atoms with Crippen molar-refractivity contribution in [2.45, 2.75) is 44.6 Å². The lowest BCUT2D eigenvalue weighted by Gasteiger charge is -2.34. The number of carbonyl (C=O) groups excluding carboxylic acids is 1. The molecule has 1 saturated carbocycles. The van der Waals surface area contributed by atoms with E-state index in [1.54, 1.807) is 0 Å². The Morgan fingerprint density at radius 2 is 1.87 bits per heavy atom. The van der Waals surface area contributed by atoms with Gasteiger partial charge in [-0.15, -0.1) is 0 Å². The lowest BCUT2D eigenvalue weighted by Crippen LogP contribution is -2.51. The lowest BCUT2D eigenvalue weighted by molar-refractivity contribution is -0.135.